The van der Waals surface area contributed by atoms with Crippen LogP contribution < -0.4 is 0 Å². The van der Waals surface area contributed by atoms with Crippen molar-refractivity contribution in [1.82, 2.24) is 9.55 Å². The maximum absolute atomic E-state index is 14.1. The molecule has 0 spiro atoms. The third-order valence-electron chi connectivity index (χ3n) is 4.35. The molecule has 3 rings (SSSR count). The number of hydrogen-bond acceptors (Lipinski definition) is 1. The van der Waals surface area contributed by atoms with Crippen LogP contribution in [0.5, 0.6) is 0 Å². The SMILES string of the molecule is CC1(Cn2c(CCl)nc3ccc(F)c(F)c32)CCCC1. The smallest absolute Gasteiger partial charge is 0.184 e. The van der Waals surface area contributed by atoms with Crippen molar-refractivity contribution in [1.29, 1.82) is 0 Å². The van der Waals surface area contributed by atoms with Crippen molar-refractivity contribution in [3.05, 3.63) is 29.6 Å². The Balaban J connectivity index is 2.14. The van der Waals surface area contributed by atoms with E-state index in [1.165, 1.54) is 18.9 Å². The first kappa shape index (κ1) is 13.8. The van der Waals surface area contributed by atoms with Crippen molar-refractivity contribution < 1.29 is 8.78 Å². The number of benzene rings is 1. The molecule has 0 saturated heterocycles. The van der Waals surface area contributed by atoms with Crippen LogP contribution >= 0.6 is 11.6 Å². The zero-order valence-electron chi connectivity index (χ0n) is 11.4. The topological polar surface area (TPSA) is 17.8 Å². The summed E-state index contributed by atoms with van der Waals surface area (Å²) in [6.07, 6.45) is 4.59. The van der Waals surface area contributed by atoms with Gasteiger partial charge in [0.05, 0.1) is 11.4 Å². The second-order valence-electron chi connectivity index (χ2n) is 5.99. The molecule has 1 aliphatic carbocycles. The highest BCUT2D eigenvalue weighted by Crippen LogP contribution is 2.40. The van der Waals surface area contributed by atoms with Gasteiger partial charge in [0.25, 0.3) is 0 Å². The van der Waals surface area contributed by atoms with E-state index in [9.17, 15) is 8.78 Å². The maximum Gasteiger partial charge on any atom is 0.184 e. The Labute approximate surface area is 121 Å². The minimum atomic E-state index is -0.837. The van der Waals surface area contributed by atoms with Gasteiger partial charge in [0, 0.05) is 6.54 Å². The molecule has 0 amide bonds. The van der Waals surface area contributed by atoms with Gasteiger partial charge < -0.3 is 4.57 Å². The first-order valence-corrected chi connectivity index (χ1v) is 7.47. The highest BCUT2D eigenvalue weighted by molar-refractivity contribution is 6.16. The standard InChI is InChI=1S/C15H17ClF2N2/c1-15(6-2-3-7-15)9-20-12(8-16)19-11-5-4-10(17)13(18)14(11)20/h4-5H,2-3,6-9H2,1H3. The Bertz CT molecular complexity index is 645. The maximum atomic E-state index is 14.1. The number of fused-ring (bicyclic) bond motifs is 1. The number of aromatic nitrogens is 2. The lowest BCUT2D eigenvalue weighted by Crippen LogP contribution is -2.21. The predicted octanol–water partition coefficient (Wildman–Crippen LogP) is 4.63. The molecule has 1 aromatic carbocycles. The Kier molecular flexibility index (Phi) is 3.44. The summed E-state index contributed by atoms with van der Waals surface area (Å²) in [6, 6.07) is 2.63. The molecule has 0 unspecified atom stereocenters. The summed E-state index contributed by atoms with van der Waals surface area (Å²) in [5.41, 5.74) is 0.836. The van der Waals surface area contributed by atoms with Crippen LogP contribution in [0.3, 0.4) is 0 Å². The molecule has 0 N–H and O–H groups in total. The van der Waals surface area contributed by atoms with Gasteiger partial charge in [-0.05, 0) is 30.4 Å². The predicted molar refractivity (Wildman–Crippen MR) is 75.8 cm³/mol. The molecule has 20 heavy (non-hydrogen) atoms. The van der Waals surface area contributed by atoms with Crippen LogP contribution in [0, 0.1) is 17.0 Å². The van der Waals surface area contributed by atoms with Gasteiger partial charge in [0.2, 0.25) is 0 Å². The van der Waals surface area contributed by atoms with E-state index in [1.54, 1.807) is 4.57 Å². The monoisotopic (exact) mass is 298 g/mol. The van der Waals surface area contributed by atoms with E-state index >= 15 is 0 Å². The highest BCUT2D eigenvalue weighted by Gasteiger charge is 2.31. The molecule has 1 fully saturated rings. The molecule has 0 radical (unpaired) electrons. The van der Waals surface area contributed by atoms with Crippen LogP contribution in [0.1, 0.15) is 38.4 Å². The minimum Gasteiger partial charge on any atom is -0.324 e. The number of alkyl halides is 1. The third kappa shape index (κ3) is 2.20. The van der Waals surface area contributed by atoms with Crippen LogP contribution in [0.25, 0.3) is 11.0 Å². The molecule has 2 aromatic rings. The average molecular weight is 299 g/mol. The lowest BCUT2D eigenvalue weighted by Gasteiger charge is -2.25. The van der Waals surface area contributed by atoms with Crippen LogP contribution in [0.15, 0.2) is 12.1 Å². The van der Waals surface area contributed by atoms with Crippen molar-refractivity contribution in [2.24, 2.45) is 5.41 Å². The first-order valence-electron chi connectivity index (χ1n) is 6.93. The van der Waals surface area contributed by atoms with Crippen molar-refractivity contribution in [3.63, 3.8) is 0 Å². The van der Waals surface area contributed by atoms with Gasteiger partial charge >= 0.3 is 0 Å². The van der Waals surface area contributed by atoms with Crippen molar-refractivity contribution >= 4 is 22.6 Å². The van der Waals surface area contributed by atoms with E-state index in [2.05, 4.69) is 11.9 Å². The molecule has 5 heteroatoms. The summed E-state index contributed by atoms with van der Waals surface area (Å²) in [6.45, 7) is 2.84. The fourth-order valence-electron chi connectivity index (χ4n) is 3.25. The van der Waals surface area contributed by atoms with Gasteiger partial charge in [-0.2, -0.15) is 0 Å². The Morgan fingerprint density at radius 2 is 2.00 bits per heavy atom. The van der Waals surface area contributed by atoms with E-state index in [-0.39, 0.29) is 16.8 Å². The molecule has 2 nitrogen and oxygen atoms in total. The lowest BCUT2D eigenvalue weighted by atomic mass is 9.88. The highest BCUT2D eigenvalue weighted by atomic mass is 35.5. The van der Waals surface area contributed by atoms with Gasteiger partial charge in [-0.25, -0.2) is 13.8 Å². The summed E-state index contributed by atoms with van der Waals surface area (Å²) < 4.78 is 29.4. The Hall–Kier alpha value is -1.16. The number of rotatable bonds is 3. The zero-order valence-corrected chi connectivity index (χ0v) is 12.2. The number of halogens is 3. The number of imidazole rings is 1. The molecule has 108 valence electrons. The van der Waals surface area contributed by atoms with Gasteiger partial charge in [-0.3, -0.25) is 0 Å². The first-order chi connectivity index (χ1) is 9.54. The Morgan fingerprint density at radius 3 is 2.65 bits per heavy atom. The van der Waals surface area contributed by atoms with Crippen molar-refractivity contribution in [3.8, 4) is 0 Å². The van der Waals surface area contributed by atoms with E-state index < -0.39 is 11.6 Å². The molecule has 0 bridgehead atoms. The molecule has 1 aromatic heterocycles. The van der Waals surface area contributed by atoms with Crippen LogP contribution in [-0.4, -0.2) is 9.55 Å². The fraction of sp³-hybridized carbons (Fsp3) is 0.533. The molecule has 0 atom stereocenters. The lowest BCUT2D eigenvalue weighted by molar-refractivity contribution is 0.281. The third-order valence-corrected chi connectivity index (χ3v) is 4.59. The Morgan fingerprint density at radius 1 is 1.30 bits per heavy atom. The van der Waals surface area contributed by atoms with Gasteiger partial charge in [0.1, 0.15) is 11.3 Å². The van der Waals surface area contributed by atoms with Crippen molar-refractivity contribution in [2.75, 3.05) is 0 Å². The van der Waals surface area contributed by atoms with E-state index in [0.717, 1.165) is 18.9 Å². The molecule has 1 heterocycles. The average Bonchev–Trinajstić information content (AvgIpc) is 2.99. The van der Waals surface area contributed by atoms with Gasteiger partial charge in [-0.1, -0.05) is 19.8 Å². The zero-order chi connectivity index (χ0) is 14.3. The van der Waals surface area contributed by atoms with Crippen LogP contribution in [0.4, 0.5) is 8.78 Å². The molecule has 1 saturated carbocycles. The van der Waals surface area contributed by atoms with Crippen molar-refractivity contribution in [2.45, 2.75) is 45.0 Å². The van der Waals surface area contributed by atoms with E-state index in [0.29, 0.717) is 17.9 Å². The van der Waals surface area contributed by atoms with E-state index in [1.807, 2.05) is 0 Å². The van der Waals surface area contributed by atoms with Crippen LogP contribution in [-0.2, 0) is 12.4 Å². The summed E-state index contributed by atoms with van der Waals surface area (Å²) >= 11 is 5.93. The fourth-order valence-corrected chi connectivity index (χ4v) is 3.45. The normalized spacial score (nSPS) is 18.0. The summed E-state index contributed by atoms with van der Waals surface area (Å²) in [5, 5.41) is 0. The van der Waals surface area contributed by atoms with Gasteiger partial charge in [0.15, 0.2) is 11.6 Å². The molecule has 1 aliphatic rings. The largest absolute Gasteiger partial charge is 0.324 e. The number of hydrogen-bond donors (Lipinski definition) is 0. The summed E-state index contributed by atoms with van der Waals surface area (Å²) in [7, 11) is 0. The quantitative estimate of drug-likeness (QED) is 0.755. The van der Waals surface area contributed by atoms with Gasteiger partial charge in [-0.15, -0.1) is 11.6 Å². The molecular formula is C15H17ClF2N2. The second kappa shape index (κ2) is 4.99. The van der Waals surface area contributed by atoms with E-state index in [4.69, 9.17) is 11.6 Å². The molecule has 0 aliphatic heterocycles. The second-order valence-corrected chi connectivity index (χ2v) is 6.26. The summed E-state index contributed by atoms with van der Waals surface area (Å²) in [5.74, 6) is -0.852. The molecular weight excluding hydrogens is 282 g/mol. The number of nitrogens with zero attached hydrogens (tertiary/aromatic N) is 2. The van der Waals surface area contributed by atoms with Crippen LogP contribution in [0.2, 0.25) is 0 Å². The minimum absolute atomic E-state index is 0.118. The summed E-state index contributed by atoms with van der Waals surface area (Å²) in [4.78, 5) is 4.33.